The van der Waals surface area contributed by atoms with E-state index in [2.05, 4.69) is 31.4 Å². The van der Waals surface area contributed by atoms with Crippen LogP contribution in [-0.4, -0.2) is 33.8 Å². The van der Waals surface area contributed by atoms with Gasteiger partial charge in [-0.15, -0.1) is 0 Å². The highest BCUT2D eigenvalue weighted by atomic mass is 79.9. The van der Waals surface area contributed by atoms with Gasteiger partial charge in [-0.2, -0.15) is 10.2 Å². The Morgan fingerprint density at radius 2 is 1.00 bits per heavy atom. The second-order valence-corrected chi connectivity index (χ2v) is 10.4. The van der Waals surface area contributed by atoms with E-state index in [9.17, 15) is 30.7 Å². The van der Waals surface area contributed by atoms with Gasteiger partial charge in [-0.25, -0.2) is 30.7 Å². The maximum Gasteiger partial charge on any atom is 0.152 e. The smallest absolute Gasteiger partial charge is 0.152 e. The molecule has 2 heterocycles. The lowest BCUT2D eigenvalue weighted by Gasteiger charge is -2.13. The number of hydrogen-bond donors (Lipinski definition) is 1. The standard InChI is InChI=1S/C18H14F5N3O.C12H11BrF2N2O/c1-8-15(16-11(20)6-10(27-3)7-12(16)21)18(26(2)25-8)24-17-13(22)4-9(19)5-14(17)23;1-6-10(12(13)17(2)16-6)11-8(14)4-7(18-3)5-9(11)15/h4-7,24H,1-3H3;4-5H,1-3H3. The number of nitrogens with zero attached hydrogens (tertiary/aromatic N) is 4. The quantitative estimate of drug-likeness (QED) is 0.181. The highest BCUT2D eigenvalue weighted by Gasteiger charge is 2.25. The van der Waals surface area contributed by atoms with Gasteiger partial charge >= 0.3 is 0 Å². The van der Waals surface area contributed by atoms with E-state index < -0.39 is 52.0 Å². The van der Waals surface area contributed by atoms with Crippen molar-refractivity contribution in [3.05, 3.63) is 93.1 Å². The maximum atomic E-state index is 14.5. The van der Waals surface area contributed by atoms with Crippen molar-refractivity contribution >= 4 is 27.4 Å². The van der Waals surface area contributed by atoms with Crippen molar-refractivity contribution in [1.82, 2.24) is 19.6 Å². The molecule has 0 aliphatic heterocycles. The van der Waals surface area contributed by atoms with E-state index in [1.54, 1.807) is 14.0 Å². The van der Waals surface area contributed by atoms with Crippen LogP contribution >= 0.6 is 15.9 Å². The van der Waals surface area contributed by atoms with Crippen molar-refractivity contribution < 1.29 is 40.2 Å². The Balaban J connectivity index is 0.000000222. The van der Waals surface area contributed by atoms with Crippen LogP contribution in [0.2, 0.25) is 0 Å². The number of hydrogen-bond acceptors (Lipinski definition) is 5. The topological polar surface area (TPSA) is 66.1 Å². The van der Waals surface area contributed by atoms with Crippen molar-refractivity contribution in [2.24, 2.45) is 14.1 Å². The summed E-state index contributed by atoms with van der Waals surface area (Å²) in [6.07, 6.45) is 0. The average Bonchev–Trinajstić information content (AvgIpc) is 3.37. The van der Waals surface area contributed by atoms with Crippen molar-refractivity contribution in [3.63, 3.8) is 0 Å². The van der Waals surface area contributed by atoms with Gasteiger partial charge in [0.15, 0.2) is 11.6 Å². The highest BCUT2D eigenvalue weighted by Crippen LogP contribution is 2.39. The molecule has 0 amide bonds. The van der Waals surface area contributed by atoms with Gasteiger partial charge in [0.05, 0.1) is 42.3 Å². The summed E-state index contributed by atoms with van der Waals surface area (Å²) in [5, 5.41) is 10.6. The van der Waals surface area contributed by atoms with Crippen LogP contribution in [0.5, 0.6) is 11.5 Å². The second-order valence-electron chi connectivity index (χ2n) is 9.61. The lowest BCUT2D eigenvalue weighted by atomic mass is 10.0. The fraction of sp³-hybridized carbons (Fsp3) is 0.200. The maximum absolute atomic E-state index is 14.5. The van der Waals surface area contributed by atoms with Gasteiger partial charge in [0, 0.05) is 56.1 Å². The van der Waals surface area contributed by atoms with Crippen LogP contribution in [0, 0.1) is 54.6 Å². The molecule has 0 saturated carbocycles. The van der Waals surface area contributed by atoms with E-state index in [-0.39, 0.29) is 34.1 Å². The van der Waals surface area contributed by atoms with Gasteiger partial charge in [0.25, 0.3) is 0 Å². The van der Waals surface area contributed by atoms with Crippen LogP contribution in [0.4, 0.5) is 42.2 Å². The lowest BCUT2D eigenvalue weighted by molar-refractivity contribution is 0.407. The molecule has 0 radical (unpaired) electrons. The number of halogens is 8. The fourth-order valence-corrected chi connectivity index (χ4v) is 5.17. The molecule has 0 aliphatic carbocycles. The summed E-state index contributed by atoms with van der Waals surface area (Å²) in [5.74, 6) is -6.68. The number of anilines is 2. The summed E-state index contributed by atoms with van der Waals surface area (Å²) in [7, 11) is 5.74. The minimum absolute atomic E-state index is 0.0274. The number of aromatic nitrogens is 4. The fourth-order valence-electron chi connectivity index (χ4n) is 4.61. The summed E-state index contributed by atoms with van der Waals surface area (Å²) in [6.45, 7) is 3.18. The van der Waals surface area contributed by atoms with E-state index in [0.717, 1.165) is 24.3 Å². The van der Waals surface area contributed by atoms with Crippen molar-refractivity contribution in [1.29, 1.82) is 0 Å². The molecule has 45 heavy (non-hydrogen) atoms. The Labute approximate surface area is 261 Å². The number of nitrogens with one attached hydrogen (secondary N) is 1. The Bertz CT molecular complexity index is 1840. The first-order chi connectivity index (χ1) is 21.2. The van der Waals surface area contributed by atoms with Gasteiger partial charge < -0.3 is 14.8 Å². The van der Waals surface area contributed by atoms with Gasteiger partial charge in [-0.05, 0) is 29.8 Å². The molecular formula is C30H25BrF7N5O2. The molecule has 238 valence electrons. The minimum atomic E-state index is -1.20. The van der Waals surface area contributed by atoms with Crippen LogP contribution in [0.3, 0.4) is 0 Å². The van der Waals surface area contributed by atoms with Crippen LogP contribution in [-0.2, 0) is 14.1 Å². The highest BCUT2D eigenvalue weighted by molar-refractivity contribution is 9.10. The molecule has 0 bridgehead atoms. The van der Waals surface area contributed by atoms with Gasteiger partial charge in [-0.3, -0.25) is 9.36 Å². The van der Waals surface area contributed by atoms with Crippen LogP contribution < -0.4 is 14.8 Å². The largest absolute Gasteiger partial charge is 0.497 e. The molecule has 0 unspecified atom stereocenters. The number of benzene rings is 3. The Morgan fingerprint density at radius 1 is 0.600 bits per heavy atom. The Kier molecular flexibility index (Phi) is 9.80. The summed E-state index contributed by atoms with van der Waals surface area (Å²) in [5.41, 5.74) is -0.0678. The molecule has 0 saturated heterocycles. The van der Waals surface area contributed by atoms with Crippen molar-refractivity contribution in [3.8, 4) is 33.8 Å². The second kappa shape index (κ2) is 13.2. The molecule has 0 atom stereocenters. The first-order valence-corrected chi connectivity index (χ1v) is 13.7. The van der Waals surface area contributed by atoms with Crippen molar-refractivity contribution in [2.75, 3.05) is 19.5 Å². The number of aryl methyl sites for hydroxylation is 4. The molecule has 1 N–H and O–H groups in total. The van der Waals surface area contributed by atoms with Crippen LogP contribution in [0.15, 0.2) is 41.0 Å². The normalized spacial score (nSPS) is 10.9. The Hall–Kier alpha value is -4.53. The average molecular weight is 700 g/mol. The van der Waals surface area contributed by atoms with Crippen LogP contribution in [0.25, 0.3) is 22.3 Å². The third-order valence-corrected chi connectivity index (χ3v) is 7.54. The predicted octanol–water partition coefficient (Wildman–Crippen LogP) is 8.29. The first kappa shape index (κ1) is 33.4. The minimum Gasteiger partial charge on any atom is -0.497 e. The third kappa shape index (κ3) is 6.62. The zero-order valence-corrected chi connectivity index (χ0v) is 26.2. The van der Waals surface area contributed by atoms with Gasteiger partial charge in [0.1, 0.15) is 56.7 Å². The number of rotatable bonds is 6. The molecule has 0 aliphatic rings. The van der Waals surface area contributed by atoms with E-state index >= 15 is 0 Å². The van der Waals surface area contributed by atoms with E-state index in [4.69, 9.17) is 9.47 Å². The number of ether oxygens (including phenoxy) is 2. The molecule has 2 aromatic heterocycles. The molecular weight excluding hydrogens is 675 g/mol. The van der Waals surface area contributed by atoms with E-state index in [1.165, 1.54) is 37.6 Å². The van der Waals surface area contributed by atoms with Gasteiger partial charge in [-0.1, -0.05) is 0 Å². The zero-order chi connectivity index (χ0) is 33.3. The summed E-state index contributed by atoms with van der Waals surface area (Å²) in [4.78, 5) is 0. The summed E-state index contributed by atoms with van der Waals surface area (Å²) >= 11 is 3.28. The van der Waals surface area contributed by atoms with E-state index in [0.29, 0.717) is 28.0 Å². The summed E-state index contributed by atoms with van der Waals surface area (Å²) in [6, 6.07) is 5.24. The van der Waals surface area contributed by atoms with Crippen LogP contribution in [0.1, 0.15) is 11.4 Å². The van der Waals surface area contributed by atoms with Crippen molar-refractivity contribution in [2.45, 2.75) is 13.8 Å². The lowest BCUT2D eigenvalue weighted by Crippen LogP contribution is -2.05. The molecule has 5 aromatic rings. The molecule has 7 nitrogen and oxygen atoms in total. The number of methoxy groups -OCH3 is 2. The SMILES string of the molecule is COc1cc(F)c(-c2c(C)nn(C)c2Br)c(F)c1.COc1cc(F)c(-c2c(C)nn(C)c2Nc2c(F)cc(F)cc2F)c(F)c1. The monoisotopic (exact) mass is 699 g/mol. The predicted molar refractivity (Wildman–Crippen MR) is 157 cm³/mol. The third-order valence-electron chi connectivity index (χ3n) is 6.63. The molecule has 0 spiro atoms. The summed E-state index contributed by atoms with van der Waals surface area (Å²) < 4.78 is 111. The van der Waals surface area contributed by atoms with E-state index in [1.807, 2.05) is 0 Å². The molecule has 15 heteroatoms. The Morgan fingerprint density at radius 3 is 1.40 bits per heavy atom. The molecule has 3 aromatic carbocycles. The van der Waals surface area contributed by atoms with Gasteiger partial charge in [0.2, 0.25) is 0 Å². The molecule has 5 rings (SSSR count). The first-order valence-electron chi connectivity index (χ1n) is 12.9. The zero-order valence-electron chi connectivity index (χ0n) is 24.6. The molecule has 0 fully saturated rings.